The van der Waals surface area contributed by atoms with Crippen molar-refractivity contribution in [2.45, 2.75) is 12.1 Å². The van der Waals surface area contributed by atoms with E-state index in [-0.39, 0.29) is 48.9 Å². The quantitative estimate of drug-likeness (QED) is 0.298. The molecule has 2 unspecified atom stereocenters. The number of carbonyl (C=O) groups is 1. The first kappa shape index (κ1) is 15.6. The van der Waals surface area contributed by atoms with Crippen molar-refractivity contribution in [3.8, 4) is 0 Å². The van der Waals surface area contributed by atoms with E-state index in [4.69, 9.17) is 4.74 Å². The number of ether oxygens (including phenoxy) is 2. The van der Waals surface area contributed by atoms with Gasteiger partial charge in [0.05, 0.1) is 19.6 Å². The molecular formula is C9H15NNaO5P. The maximum atomic E-state index is 12.0. The Morgan fingerprint density at radius 2 is 2.06 bits per heavy atom. The van der Waals surface area contributed by atoms with Crippen molar-refractivity contribution >= 4 is 13.3 Å². The van der Waals surface area contributed by atoms with Gasteiger partial charge in [0.15, 0.2) is 0 Å². The summed E-state index contributed by atoms with van der Waals surface area (Å²) < 4.78 is 21.8. The van der Waals surface area contributed by atoms with E-state index in [9.17, 15) is 14.3 Å². The molecular weight excluding hydrogens is 256 g/mol. The van der Waals surface area contributed by atoms with Crippen LogP contribution in [0.1, 0.15) is 6.42 Å². The van der Waals surface area contributed by atoms with Crippen molar-refractivity contribution in [1.29, 1.82) is 0 Å². The molecule has 0 amide bonds. The molecule has 0 N–H and O–H groups in total. The molecule has 2 aliphatic rings. The van der Waals surface area contributed by atoms with E-state index >= 15 is 0 Å². The molecule has 0 saturated carbocycles. The standard InChI is InChI=1S/C9H16NO5P.Na/c11-9-5-8(6-15-9)16(12,13)7-10-1-3-14-4-2-10;/h8H,1-7H2,(H,12,13);/q;+1/p-1. The van der Waals surface area contributed by atoms with Crippen LogP contribution in [0.25, 0.3) is 0 Å². The van der Waals surface area contributed by atoms with Gasteiger partial charge in [-0.05, 0) is 0 Å². The molecule has 0 aliphatic carbocycles. The maximum absolute atomic E-state index is 12.0. The molecule has 2 aliphatic heterocycles. The predicted octanol–water partition coefficient (Wildman–Crippen LogP) is -3.77. The zero-order valence-corrected chi connectivity index (χ0v) is 12.9. The van der Waals surface area contributed by atoms with Crippen molar-refractivity contribution in [2.24, 2.45) is 0 Å². The molecule has 0 aromatic heterocycles. The van der Waals surface area contributed by atoms with Crippen LogP contribution in [0.2, 0.25) is 0 Å². The summed E-state index contributed by atoms with van der Waals surface area (Å²) in [5.74, 6) is -0.414. The average Bonchev–Trinajstić information content (AvgIpc) is 2.66. The van der Waals surface area contributed by atoms with Crippen molar-refractivity contribution < 1.29 is 53.3 Å². The zero-order valence-electron chi connectivity index (χ0n) is 9.96. The van der Waals surface area contributed by atoms with Crippen LogP contribution in [0, 0.1) is 0 Å². The van der Waals surface area contributed by atoms with Crippen molar-refractivity contribution in [3.63, 3.8) is 0 Å². The van der Waals surface area contributed by atoms with Crippen LogP contribution in [-0.4, -0.2) is 55.7 Å². The summed E-state index contributed by atoms with van der Waals surface area (Å²) >= 11 is 0. The summed E-state index contributed by atoms with van der Waals surface area (Å²) in [5, 5.41) is 0. The summed E-state index contributed by atoms with van der Waals surface area (Å²) in [6.45, 7) is 2.42. The Hall–Kier alpha value is 0.580. The SMILES string of the molecule is O=C1CC(P(=O)([O-])CN2CCOCC2)CO1.[Na+]. The van der Waals surface area contributed by atoms with Gasteiger partial charge in [0.2, 0.25) is 0 Å². The molecule has 92 valence electrons. The molecule has 8 heteroatoms. The number of cyclic esters (lactones) is 1. The van der Waals surface area contributed by atoms with Gasteiger partial charge >= 0.3 is 35.5 Å². The van der Waals surface area contributed by atoms with Crippen LogP contribution >= 0.6 is 7.37 Å². The fraction of sp³-hybridized carbons (Fsp3) is 0.889. The molecule has 17 heavy (non-hydrogen) atoms. The van der Waals surface area contributed by atoms with E-state index in [1.165, 1.54) is 0 Å². The monoisotopic (exact) mass is 271 g/mol. The number of esters is 1. The Kier molecular flexibility index (Phi) is 6.13. The summed E-state index contributed by atoms with van der Waals surface area (Å²) in [5.41, 5.74) is -0.636. The van der Waals surface area contributed by atoms with Gasteiger partial charge in [-0.3, -0.25) is 9.69 Å². The van der Waals surface area contributed by atoms with Crippen molar-refractivity contribution in [1.82, 2.24) is 4.90 Å². The molecule has 2 fully saturated rings. The molecule has 0 radical (unpaired) electrons. The minimum atomic E-state index is -3.57. The first-order chi connectivity index (χ1) is 7.58. The summed E-state index contributed by atoms with van der Waals surface area (Å²) in [4.78, 5) is 24.7. The predicted molar refractivity (Wildman–Crippen MR) is 54.2 cm³/mol. The molecule has 0 aromatic rings. The van der Waals surface area contributed by atoms with Gasteiger partial charge in [0.25, 0.3) is 0 Å². The minimum absolute atomic E-state index is 0. The van der Waals surface area contributed by atoms with Gasteiger partial charge in [0, 0.05) is 32.4 Å². The second kappa shape index (κ2) is 6.66. The Labute approximate surface area is 122 Å². The van der Waals surface area contributed by atoms with Gasteiger partial charge in [-0.2, -0.15) is 0 Å². The zero-order chi connectivity index (χ0) is 11.6. The molecule has 0 bridgehead atoms. The van der Waals surface area contributed by atoms with Crippen LogP contribution in [-0.2, 0) is 18.8 Å². The normalized spacial score (nSPS) is 29.2. The average molecular weight is 271 g/mol. The van der Waals surface area contributed by atoms with Crippen molar-refractivity contribution in [2.75, 3.05) is 39.2 Å². The third-order valence-electron chi connectivity index (χ3n) is 2.90. The molecule has 2 heterocycles. The smallest absolute Gasteiger partial charge is 0.798 e. The Morgan fingerprint density at radius 3 is 2.59 bits per heavy atom. The van der Waals surface area contributed by atoms with E-state index in [2.05, 4.69) is 4.74 Å². The fourth-order valence-corrected chi connectivity index (χ4v) is 3.69. The molecule has 6 nitrogen and oxygen atoms in total. The number of morpholine rings is 1. The van der Waals surface area contributed by atoms with Crippen LogP contribution in [0.5, 0.6) is 0 Å². The number of rotatable bonds is 3. The Morgan fingerprint density at radius 1 is 1.41 bits per heavy atom. The first-order valence-corrected chi connectivity index (χ1v) is 7.21. The first-order valence-electron chi connectivity index (χ1n) is 5.33. The second-order valence-electron chi connectivity index (χ2n) is 4.14. The fourth-order valence-electron chi connectivity index (χ4n) is 1.89. The topological polar surface area (TPSA) is 78.9 Å². The number of hydrogen-bond acceptors (Lipinski definition) is 6. The van der Waals surface area contributed by atoms with Gasteiger partial charge in [-0.15, -0.1) is 0 Å². The van der Waals surface area contributed by atoms with Crippen LogP contribution in [0.4, 0.5) is 0 Å². The molecule has 2 rings (SSSR count). The van der Waals surface area contributed by atoms with E-state index in [1.807, 2.05) is 4.90 Å². The van der Waals surface area contributed by atoms with E-state index < -0.39 is 19.0 Å². The van der Waals surface area contributed by atoms with Crippen LogP contribution < -0.4 is 34.5 Å². The number of nitrogens with zero attached hydrogens (tertiary/aromatic N) is 1. The van der Waals surface area contributed by atoms with Gasteiger partial charge in [-0.25, -0.2) is 0 Å². The second-order valence-corrected chi connectivity index (χ2v) is 6.60. The molecule has 0 aromatic carbocycles. The largest absolute Gasteiger partial charge is 1.00 e. The Bertz CT molecular complexity index is 321. The van der Waals surface area contributed by atoms with Crippen molar-refractivity contribution in [3.05, 3.63) is 0 Å². The maximum Gasteiger partial charge on any atom is 1.00 e. The molecule has 2 saturated heterocycles. The van der Waals surface area contributed by atoms with E-state index in [0.717, 1.165) is 0 Å². The number of hydrogen-bond donors (Lipinski definition) is 0. The summed E-state index contributed by atoms with van der Waals surface area (Å²) in [6.07, 6.45) is 0.0305. The Balaban J connectivity index is 0.00000144. The summed E-state index contributed by atoms with van der Waals surface area (Å²) in [6, 6.07) is 0. The molecule has 0 spiro atoms. The van der Waals surface area contributed by atoms with Gasteiger partial charge in [0.1, 0.15) is 6.61 Å². The third kappa shape index (κ3) is 4.31. The van der Waals surface area contributed by atoms with Crippen LogP contribution in [0.3, 0.4) is 0 Å². The van der Waals surface area contributed by atoms with E-state index in [1.54, 1.807) is 0 Å². The number of carbonyl (C=O) groups excluding carboxylic acids is 1. The van der Waals surface area contributed by atoms with Gasteiger partial charge < -0.3 is 18.9 Å². The third-order valence-corrected chi connectivity index (χ3v) is 5.13. The molecule has 2 atom stereocenters. The minimum Gasteiger partial charge on any atom is -0.798 e. The van der Waals surface area contributed by atoms with Gasteiger partial charge in [-0.1, -0.05) is 0 Å². The van der Waals surface area contributed by atoms with Crippen LogP contribution in [0.15, 0.2) is 0 Å². The summed E-state index contributed by atoms with van der Waals surface area (Å²) in [7, 11) is -3.57. The van der Waals surface area contributed by atoms with E-state index in [0.29, 0.717) is 26.3 Å².